The summed E-state index contributed by atoms with van der Waals surface area (Å²) in [5.74, 6) is -2.15. The minimum Gasteiger partial charge on any atom is -0.477 e. The Balaban J connectivity index is 4.52. The summed E-state index contributed by atoms with van der Waals surface area (Å²) < 4.78 is 22.7. The molecule has 0 bridgehead atoms. The SMILES string of the molecule is CC/C=C\C/C=C\C/C=C\C/C=C\C/C=C\C/C=C\CCC(=O)OC(COC(=O)CCCCCCCCCC/C=C\C/C=C\C/C=C\C/C=C\CC)COC(OCC[N+](C)(C)C)C(=O)O. The van der Waals surface area contributed by atoms with Crippen LogP contribution in [0, 0.1) is 0 Å². The number of carboxylic acids is 1. The number of hydrogen-bond donors (Lipinski definition) is 1. The first kappa shape index (κ1) is 60.7. The number of carbonyl (C=O) groups is 3. The van der Waals surface area contributed by atoms with Gasteiger partial charge in [0.15, 0.2) is 6.10 Å². The molecule has 0 radical (unpaired) electrons. The molecule has 9 nitrogen and oxygen atoms in total. The van der Waals surface area contributed by atoms with E-state index >= 15 is 0 Å². The molecule has 2 atom stereocenters. The molecular weight excluding hydrogens is 815 g/mol. The highest BCUT2D eigenvalue weighted by molar-refractivity contribution is 5.71. The zero-order chi connectivity index (χ0) is 47.7. The minimum absolute atomic E-state index is 0.125. The second-order valence-corrected chi connectivity index (χ2v) is 17.0. The number of unbranched alkanes of at least 4 members (excludes halogenated alkanes) is 8. The standard InChI is InChI=1S/C56H89NO8/c1-6-8-10-12-14-16-18-20-22-24-26-27-29-30-32-34-36-38-40-42-44-46-53(58)63-50-52(51-64-56(55(60)61)62-49-48-57(3,4)5)65-54(59)47-45-43-41-39-37-35-33-31-28-25-23-21-19-17-15-13-11-9-7-2/h8-11,14-17,20-23,26-28,31,35,37,41,43,52,56H,6-7,12-13,18-19,24-25,29-30,32-34,36,38-40,42,44-51H2,1-5H3/p+1/b10-8-,11-9-,16-14-,17-15-,22-20-,23-21-,27-26-,31-28-,37-35-,43-41-. The zero-order valence-electron chi connectivity index (χ0n) is 41.3. The Bertz CT molecular complexity index is 1470. The van der Waals surface area contributed by atoms with Crippen LogP contribution in [0.25, 0.3) is 0 Å². The van der Waals surface area contributed by atoms with Crippen LogP contribution < -0.4 is 0 Å². The number of carboxylic acid groups (broad SMARTS) is 1. The van der Waals surface area contributed by atoms with E-state index in [-0.39, 0.29) is 38.6 Å². The van der Waals surface area contributed by atoms with Crippen molar-refractivity contribution >= 4 is 17.9 Å². The largest absolute Gasteiger partial charge is 0.477 e. The van der Waals surface area contributed by atoms with Crippen LogP contribution in [0.3, 0.4) is 0 Å². The summed E-state index contributed by atoms with van der Waals surface area (Å²) in [6.45, 7) is 4.52. The van der Waals surface area contributed by atoms with Gasteiger partial charge in [-0.05, 0) is 89.9 Å². The molecule has 0 aromatic heterocycles. The topological polar surface area (TPSA) is 108 Å². The van der Waals surface area contributed by atoms with Crippen LogP contribution in [0.4, 0.5) is 0 Å². The summed E-state index contributed by atoms with van der Waals surface area (Å²) in [4.78, 5) is 37.2. The lowest BCUT2D eigenvalue weighted by Crippen LogP contribution is -2.40. The summed E-state index contributed by atoms with van der Waals surface area (Å²) in [7, 11) is 5.92. The number of ether oxygens (including phenoxy) is 4. The lowest BCUT2D eigenvalue weighted by atomic mass is 10.1. The number of esters is 2. The van der Waals surface area contributed by atoms with Gasteiger partial charge in [0.1, 0.15) is 13.2 Å². The van der Waals surface area contributed by atoms with Gasteiger partial charge in [-0.2, -0.15) is 0 Å². The fourth-order valence-corrected chi connectivity index (χ4v) is 5.97. The van der Waals surface area contributed by atoms with Crippen LogP contribution in [0.1, 0.15) is 155 Å². The molecule has 0 saturated carbocycles. The third kappa shape index (κ3) is 47.5. The molecule has 0 aromatic rings. The molecule has 0 aliphatic heterocycles. The van der Waals surface area contributed by atoms with Gasteiger partial charge in [-0.1, -0.05) is 174 Å². The maximum absolute atomic E-state index is 12.8. The molecule has 0 aliphatic carbocycles. The number of nitrogens with zero attached hydrogens (tertiary/aromatic N) is 1. The smallest absolute Gasteiger partial charge is 0.361 e. The van der Waals surface area contributed by atoms with Crippen molar-refractivity contribution in [3.8, 4) is 0 Å². The molecule has 0 aromatic carbocycles. The highest BCUT2D eigenvalue weighted by Crippen LogP contribution is 2.12. The summed E-state index contributed by atoms with van der Waals surface area (Å²) in [5.41, 5.74) is 0. The number of likely N-dealkylation sites (N-methyl/N-ethyl adjacent to an activating group) is 1. The lowest BCUT2D eigenvalue weighted by Gasteiger charge is -2.25. The van der Waals surface area contributed by atoms with Crippen LogP contribution in [0.2, 0.25) is 0 Å². The number of quaternary nitrogens is 1. The average molecular weight is 905 g/mol. The van der Waals surface area contributed by atoms with Gasteiger partial charge in [0.05, 0.1) is 34.4 Å². The van der Waals surface area contributed by atoms with E-state index in [1.165, 1.54) is 25.7 Å². The third-order valence-corrected chi connectivity index (χ3v) is 9.73. The van der Waals surface area contributed by atoms with Gasteiger partial charge in [0.25, 0.3) is 6.29 Å². The van der Waals surface area contributed by atoms with Gasteiger partial charge in [0, 0.05) is 12.8 Å². The Morgan fingerprint density at radius 1 is 0.462 bits per heavy atom. The first-order valence-corrected chi connectivity index (χ1v) is 24.7. The van der Waals surface area contributed by atoms with Gasteiger partial charge in [-0.15, -0.1) is 0 Å². The molecule has 0 rings (SSSR count). The summed E-state index contributed by atoms with van der Waals surface area (Å²) in [6.07, 6.45) is 61.3. The summed E-state index contributed by atoms with van der Waals surface area (Å²) in [6, 6.07) is 0. The summed E-state index contributed by atoms with van der Waals surface area (Å²) >= 11 is 0. The van der Waals surface area contributed by atoms with Crippen molar-refractivity contribution in [1.82, 2.24) is 0 Å². The number of aliphatic carboxylic acids is 1. The molecule has 1 N–H and O–H groups in total. The van der Waals surface area contributed by atoms with E-state index in [1.54, 1.807) is 0 Å². The lowest BCUT2D eigenvalue weighted by molar-refractivity contribution is -0.870. The van der Waals surface area contributed by atoms with Gasteiger partial charge >= 0.3 is 17.9 Å². The molecule has 0 spiro atoms. The Morgan fingerprint density at radius 3 is 1.29 bits per heavy atom. The maximum atomic E-state index is 12.8. The van der Waals surface area contributed by atoms with E-state index in [1.807, 2.05) is 33.3 Å². The third-order valence-electron chi connectivity index (χ3n) is 9.73. The fourth-order valence-electron chi connectivity index (χ4n) is 5.97. The van der Waals surface area contributed by atoms with Crippen molar-refractivity contribution in [1.29, 1.82) is 0 Å². The Kier molecular flexibility index (Phi) is 43.2. The molecule has 65 heavy (non-hydrogen) atoms. The Morgan fingerprint density at radius 2 is 0.862 bits per heavy atom. The first-order valence-electron chi connectivity index (χ1n) is 24.7. The zero-order valence-corrected chi connectivity index (χ0v) is 41.3. The van der Waals surface area contributed by atoms with Crippen LogP contribution in [0.5, 0.6) is 0 Å². The van der Waals surface area contributed by atoms with Crippen LogP contribution in [0.15, 0.2) is 122 Å². The van der Waals surface area contributed by atoms with Crippen molar-refractivity contribution in [2.24, 2.45) is 0 Å². The monoisotopic (exact) mass is 905 g/mol. The van der Waals surface area contributed by atoms with Crippen molar-refractivity contribution in [2.45, 2.75) is 167 Å². The van der Waals surface area contributed by atoms with Gasteiger partial charge in [-0.3, -0.25) is 9.59 Å². The van der Waals surface area contributed by atoms with E-state index in [9.17, 15) is 19.5 Å². The van der Waals surface area contributed by atoms with Gasteiger partial charge in [-0.25, -0.2) is 4.79 Å². The molecule has 0 saturated heterocycles. The van der Waals surface area contributed by atoms with Gasteiger partial charge in [0.2, 0.25) is 0 Å². The second kappa shape index (κ2) is 46.2. The summed E-state index contributed by atoms with van der Waals surface area (Å²) in [5, 5.41) is 9.66. The molecule has 0 amide bonds. The minimum atomic E-state index is -1.54. The van der Waals surface area contributed by atoms with E-state index < -0.39 is 24.3 Å². The van der Waals surface area contributed by atoms with Crippen LogP contribution in [-0.2, 0) is 33.3 Å². The fraction of sp³-hybridized carbons (Fsp3) is 0.589. The van der Waals surface area contributed by atoms with E-state index in [4.69, 9.17) is 18.9 Å². The van der Waals surface area contributed by atoms with Crippen molar-refractivity contribution in [3.63, 3.8) is 0 Å². The van der Waals surface area contributed by atoms with Crippen molar-refractivity contribution in [2.75, 3.05) is 47.5 Å². The quantitative estimate of drug-likeness (QED) is 0.0212. The van der Waals surface area contributed by atoms with Gasteiger partial charge < -0.3 is 28.5 Å². The van der Waals surface area contributed by atoms with E-state index in [2.05, 4.69) is 123 Å². The second-order valence-electron chi connectivity index (χ2n) is 17.0. The number of rotatable bonds is 43. The molecule has 0 aliphatic rings. The highest BCUT2D eigenvalue weighted by atomic mass is 16.7. The average Bonchev–Trinajstić information content (AvgIpc) is 3.27. The molecule has 2 unspecified atom stereocenters. The number of allylic oxidation sites excluding steroid dienone is 20. The maximum Gasteiger partial charge on any atom is 0.361 e. The van der Waals surface area contributed by atoms with Crippen molar-refractivity contribution in [3.05, 3.63) is 122 Å². The van der Waals surface area contributed by atoms with Crippen LogP contribution >= 0.6 is 0 Å². The molecular formula is C56H90NO8+. The molecule has 0 fully saturated rings. The number of hydrogen-bond acceptors (Lipinski definition) is 7. The van der Waals surface area contributed by atoms with Crippen LogP contribution in [-0.4, -0.2) is 87.4 Å². The van der Waals surface area contributed by atoms with Crippen molar-refractivity contribution < 1.29 is 42.9 Å². The Hall–Kier alpha value is -4.31. The first-order chi connectivity index (χ1) is 31.6. The normalized spacial score (nSPS) is 13.9. The molecule has 9 heteroatoms. The Labute approximate surface area is 396 Å². The van der Waals surface area contributed by atoms with E-state index in [0.717, 1.165) is 96.3 Å². The number of carbonyl (C=O) groups excluding carboxylic acids is 2. The molecule has 366 valence electrons. The van der Waals surface area contributed by atoms with E-state index in [0.29, 0.717) is 17.4 Å². The molecule has 0 heterocycles. The predicted molar refractivity (Wildman–Crippen MR) is 271 cm³/mol. The predicted octanol–water partition coefficient (Wildman–Crippen LogP) is 13.8. The highest BCUT2D eigenvalue weighted by Gasteiger charge is 2.25.